The summed E-state index contributed by atoms with van der Waals surface area (Å²) in [5.74, 6) is 0.390. The Morgan fingerprint density at radius 1 is 1.40 bits per heavy atom. The van der Waals surface area contributed by atoms with Gasteiger partial charge in [0.1, 0.15) is 5.76 Å². The Hall–Kier alpha value is -1.35. The van der Waals surface area contributed by atoms with Gasteiger partial charge in [0.15, 0.2) is 11.4 Å². The van der Waals surface area contributed by atoms with Crippen molar-refractivity contribution in [1.29, 1.82) is 0 Å². The fourth-order valence-electron chi connectivity index (χ4n) is 1.87. The van der Waals surface area contributed by atoms with E-state index in [0.29, 0.717) is 17.9 Å². The van der Waals surface area contributed by atoms with E-state index in [1.165, 1.54) is 6.07 Å². The van der Waals surface area contributed by atoms with Crippen LogP contribution in [0.5, 0.6) is 0 Å². The molecule has 1 aromatic heterocycles. The van der Waals surface area contributed by atoms with E-state index in [0.717, 1.165) is 23.8 Å². The summed E-state index contributed by atoms with van der Waals surface area (Å²) in [7, 11) is 0. The smallest absolute Gasteiger partial charge is 0.170 e. The third-order valence-electron chi connectivity index (χ3n) is 2.54. The molecule has 2 aromatic rings. The van der Waals surface area contributed by atoms with Crippen LogP contribution in [0.3, 0.4) is 0 Å². The van der Waals surface area contributed by atoms with Crippen molar-refractivity contribution >= 4 is 11.0 Å². The van der Waals surface area contributed by atoms with Gasteiger partial charge in [-0.05, 0) is 12.5 Å². The maximum Gasteiger partial charge on any atom is 0.170 e. The first-order valence-electron chi connectivity index (χ1n) is 5.16. The summed E-state index contributed by atoms with van der Waals surface area (Å²) < 4.78 is 18.9. The van der Waals surface area contributed by atoms with Gasteiger partial charge in [-0.25, -0.2) is 4.39 Å². The van der Waals surface area contributed by atoms with Crippen molar-refractivity contribution in [1.82, 2.24) is 0 Å². The molecule has 2 nitrogen and oxygen atoms in total. The van der Waals surface area contributed by atoms with Gasteiger partial charge in [0.25, 0.3) is 0 Å². The minimum absolute atomic E-state index is 0.315. The molecule has 0 amide bonds. The zero-order chi connectivity index (χ0) is 10.8. The summed E-state index contributed by atoms with van der Waals surface area (Å²) in [5, 5.41) is 0.859. The number of hydrogen-bond donors (Lipinski definition) is 1. The van der Waals surface area contributed by atoms with Crippen LogP contribution in [-0.4, -0.2) is 0 Å². The SMILES string of the molecule is CCCc1c(CN)oc2c(F)cccc12. The lowest BCUT2D eigenvalue weighted by Gasteiger charge is -1.97. The van der Waals surface area contributed by atoms with Crippen LogP contribution in [0.1, 0.15) is 24.7 Å². The minimum atomic E-state index is -0.315. The first-order valence-corrected chi connectivity index (χ1v) is 5.16. The molecular weight excluding hydrogens is 193 g/mol. The van der Waals surface area contributed by atoms with Crippen LogP contribution in [0.4, 0.5) is 4.39 Å². The molecule has 0 fully saturated rings. The highest BCUT2D eigenvalue weighted by atomic mass is 19.1. The van der Waals surface area contributed by atoms with Crippen LogP contribution >= 0.6 is 0 Å². The number of hydrogen-bond acceptors (Lipinski definition) is 2. The van der Waals surface area contributed by atoms with Crippen molar-refractivity contribution in [3.05, 3.63) is 35.3 Å². The van der Waals surface area contributed by atoms with Crippen molar-refractivity contribution in [2.45, 2.75) is 26.3 Å². The Balaban J connectivity index is 2.68. The zero-order valence-electron chi connectivity index (χ0n) is 8.72. The van der Waals surface area contributed by atoms with Crippen LogP contribution in [-0.2, 0) is 13.0 Å². The van der Waals surface area contributed by atoms with Gasteiger partial charge in [-0.2, -0.15) is 0 Å². The average molecular weight is 207 g/mol. The number of halogens is 1. The Bertz CT molecular complexity index is 476. The molecule has 1 heterocycles. The molecule has 3 heteroatoms. The normalized spacial score (nSPS) is 11.1. The van der Waals surface area contributed by atoms with E-state index >= 15 is 0 Å². The first kappa shape index (κ1) is 10.2. The number of para-hydroxylation sites is 1. The molecule has 0 bridgehead atoms. The van der Waals surface area contributed by atoms with Gasteiger partial charge in [-0.15, -0.1) is 0 Å². The third kappa shape index (κ3) is 1.63. The summed E-state index contributed by atoms with van der Waals surface area (Å²) in [5.41, 5.74) is 6.96. The molecule has 0 aliphatic heterocycles. The highest BCUT2D eigenvalue weighted by Crippen LogP contribution is 2.28. The molecule has 0 saturated heterocycles. The highest BCUT2D eigenvalue weighted by Gasteiger charge is 2.14. The number of nitrogens with two attached hydrogens (primary N) is 1. The first-order chi connectivity index (χ1) is 7.27. The van der Waals surface area contributed by atoms with E-state index in [1.54, 1.807) is 6.07 Å². The molecule has 80 valence electrons. The minimum Gasteiger partial charge on any atom is -0.456 e. The number of furan rings is 1. The molecule has 0 radical (unpaired) electrons. The van der Waals surface area contributed by atoms with Gasteiger partial charge in [0.05, 0.1) is 6.54 Å². The molecule has 0 saturated carbocycles. The van der Waals surface area contributed by atoms with E-state index in [-0.39, 0.29) is 5.82 Å². The average Bonchev–Trinajstić information content (AvgIpc) is 2.59. The molecule has 2 rings (SSSR count). The number of aryl methyl sites for hydroxylation is 1. The molecule has 0 aliphatic rings. The Morgan fingerprint density at radius 2 is 2.20 bits per heavy atom. The predicted octanol–water partition coefficient (Wildman–Crippen LogP) is 2.98. The van der Waals surface area contributed by atoms with E-state index in [1.807, 2.05) is 6.07 Å². The number of fused-ring (bicyclic) bond motifs is 1. The Morgan fingerprint density at radius 3 is 2.87 bits per heavy atom. The van der Waals surface area contributed by atoms with E-state index in [9.17, 15) is 4.39 Å². The van der Waals surface area contributed by atoms with Crippen molar-refractivity contribution < 1.29 is 8.81 Å². The molecule has 0 unspecified atom stereocenters. The molecule has 0 aliphatic carbocycles. The van der Waals surface area contributed by atoms with Crippen LogP contribution in [0.2, 0.25) is 0 Å². The third-order valence-corrected chi connectivity index (χ3v) is 2.54. The lowest BCUT2D eigenvalue weighted by atomic mass is 10.1. The fourth-order valence-corrected chi connectivity index (χ4v) is 1.87. The van der Waals surface area contributed by atoms with Crippen molar-refractivity contribution in [2.24, 2.45) is 5.73 Å². The second kappa shape index (κ2) is 4.03. The van der Waals surface area contributed by atoms with Gasteiger partial charge in [-0.1, -0.05) is 25.5 Å². The standard InChI is InChI=1S/C12H14FNO/c1-2-4-8-9-5-3-6-10(13)12(9)15-11(8)7-14/h3,5-6H,2,4,7,14H2,1H3. The topological polar surface area (TPSA) is 39.2 Å². The maximum atomic E-state index is 13.4. The van der Waals surface area contributed by atoms with Gasteiger partial charge < -0.3 is 10.2 Å². The number of rotatable bonds is 3. The van der Waals surface area contributed by atoms with Crippen LogP contribution in [0.25, 0.3) is 11.0 Å². The van der Waals surface area contributed by atoms with Crippen LogP contribution in [0.15, 0.2) is 22.6 Å². The van der Waals surface area contributed by atoms with E-state index < -0.39 is 0 Å². The summed E-state index contributed by atoms with van der Waals surface area (Å²) in [4.78, 5) is 0. The van der Waals surface area contributed by atoms with Gasteiger partial charge in [0, 0.05) is 10.9 Å². The van der Waals surface area contributed by atoms with Crippen molar-refractivity contribution in [2.75, 3.05) is 0 Å². The lowest BCUT2D eigenvalue weighted by molar-refractivity contribution is 0.517. The molecule has 15 heavy (non-hydrogen) atoms. The van der Waals surface area contributed by atoms with Crippen LogP contribution < -0.4 is 5.73 Å². The van der Waals surface area contributed by atoms with E-state index in [2.05, 4.69) is 6.92 Å². The lowest BCUT2D eigenvalue weighted by Crippen LogP contribution is -1.98. The molecule has 0 spiro atoms. The molecule has 2 N–H and O–H groups in total. The van der Waals surface area contributed by atoms with Crippen molar-refractivity contribution in [3.63, 3.8) is 0 Å². The van der Waals surface area contributed by atoms with Gasteiger partial charge in [0.2, 0.25) is 0 Å². The monoisotopic (exact) mass is 207 g/mol. The quantitative estimate of drug-likeness (QED) is 0.840. The highest BCUT2D eigenvalue weighted by molar-refractivity contribution is 5.82. The van der Waals surface area contributed by atoms with Crippen molar-refractivity contribution in [3.8, 4) is 0 Å². The second-order valence-corrected chi connectivity index (χ2v) is 3.57. The Kier molecular flexibility index (Phi) is 2.73. The fraction of sp³-hybridized carbons (Fsp3) is 0.333. The number of benzene rings is 1. The zero-order valence-corrected chi connectivity index (χ0v) is 8.72. The second-order valence-electron chi connectivity index (χ2n) is 3.57. The van der Waals surface area contributed by atoms with Gasteiger partial charge >= 0.3 is 0 Å². The summed E-state index contributed by atoms with van der Waals surface area (Å²) in [6.45, 7) is 2.40. The van der Waals surface area contributed by atoms with E-state index in [4.69, 9.17) is 10.2 Å². The predicted molar refractivity (Wildman–Crippen MR) is 58.1 cm³/mol. The maximum absolute atomic E-state index is 13.4. The largest absolute Gasteiger partial charge is 0.456 e. The summed E-state index contributed by atoms with van der Waals surface area (Å²) in [6.07, 6.45) is 1.88. The molecule has 1 aromatic carbocycles. The Labute approximate surface area is 87.9 Å². The molecule has 0 atom stereocenters. The van der Waals surface area contributed by atoms with Gasteiger partial charge in [-0.3, -0.25) is 0 Å². The summed E-state index contributed by atoms with van der Waals surface area (Å²) >= 11 is 0. The van der Waals surface area contributed by atoms with Crippen LogP contribution in [0, 0.1) is 5.82 Å². The molecular formula is C12H14FNO. The summed E-state index contributed by atoms with van der Waals surface area (Å²) in [6, 6.07) is 4.99.